The van der Waals surface area contributed by atoms with E-state index in [0.29, 0.717) is 13.1 Å². The second-order valence-corrected chi connectivity index (χ2v) is 7.41. The Balaban J connectivity index is 0.00000450. The molecule has 2 rings (SSSR count). The minimum Gasteiger partial charge on any atom is -0.357 e. The average Bonchev–Trinajstić information content (AvgIpc) is 2.73. The van der Waals surface area contributed by atoms with Crippen LogP contribution < -0.4 is 10.2 Å². The number of guanidine groups is 1. The van der Waals surface area contributed by atoms with Crippen LogP contribution in [-0.2, 0) is 11.3 Å². The van der Waals surface area contributed by atoms with E-state index < -0.39 is 0 Å². The lowest BCUT2D eigenvalue weighted by Gasteiger charge is -2.33. The van der Waals surface area contributed by atoms with Gasteiger partial charge in [-0.1, -0.05) is 6.07 Å². The molecule has 2 heterocycles. The molecule has 0 bridgehead atoms. The number of aromatic nitrogens is 1. The number of hydrogen-bond donors (Lipinski definition) is 1. The number of anilines is 1. The van der Waals surface area contributed by atoms with Gasteiger partial charge in [-0.15, -0.1) is 24.0 Å². The molecule has 0 aliphatic carbocycles. The molecule has 1 aliphatic heterocycles. The molecule has 1 fully saturated rings. The quantitative estimate of drug-likeness (QED) is 0.313. The summed E-state index contributed by atoms with van der Waals surface area (Å²) in [7, 11) is 4.05. The molecule has 0 unspecified atom stereocenters. The summed E-state index contributed by atoms with van der Waals surface area (Å²) in [6, 6.07) is 4.17. The van der Waals surface area contributed by atoms with Gasteiger partial charge in [-0.2, -0.15) is 0 Å². The van der Waals surface area contributed by atoms with Crippen molar-refractivity contribution < 1.29 is 4.79 Å². The monoisotopic (exact) mass is 531 g/mol. The van der Waals surface area contributed by atoms with E-state index in [-0.39, 0.29) is 29.9 Å². The summed E-state index contributed by atoms with van der Waals surface area (Å²) >= 11 is 0. The highest BCUT2D eigenvalue weighted by Gasteiger charge is 2.16. The van der Waals surface area contributed by atoms with Gasteiger partial charge >= 0.3 is 0 Å². The Hall–Kier alpha value is -1.62. The molecule has 9 heteroatoms. The predicted octanol–water partition coefficient (Wildman–Crippen LogP) is 1.72. The molecule has 0 saturated carbocycles. The first-order valence-corrected chi connectivity index (χ1v) is 10.6. The van der Waals surface area contributed by atoms with Crippen LogP contribution >= 0.6 is 24.0 Å². The molecular formula is C21H38IN7O. The Bertz CT molecular complexity index is 656. The van der Waals surface area contributed by atoms with Crippen LogP contribution in [0.2, 0.25) is 0 Å². The van der Waals surface area contributed by atoms with Crippen LogP contribution in [0.5, 0.6) is 0 Å². The van der Waals surface area contributed by atoms with E-state index in [1.165, 1.54) is 0 Å². The number of carbonyl (C=O) groups excluding carboxylic acids is 1. The highest BCUT2D eigenvalue weighted by molar-refractivity contribution is 14.0. The number of halogens is 1. The summed E-state index contributed by atoms with van der Waals surface area (Å²) in [5, 5.41) is 3.27. The van der Waals surface area contributed by atoms with Gasteiger partial charge in [-0.05, 0) is 39.4 Å². The lowest BCUT2D eigenvalue weighted by atomic mass is 10.2. The van der Waals surface area contributed by atoms with Crippen molar-refractivity contribution in [3.05, 3.63) is 23.9 Å². The first kappa shape index (κ1) is 26.4. The molecule has 0 radical (unpaired) electrons. The topological polar surface area (TPSA) is 67.3 Å². The Labute approximate surface area is 198 Å². The Morgan fingerprint density at radius 1 is 1.17 bits per heavy atom. The summed E-state index contributed by atoms with van der Waals surface area (Å²) in [4.78, 5) is 30.1. The van der Waals surface area contributed by atoms with E-state index in [1.54, 1.807) is 0 Å². The van der Waals surface area contributed by atoms with E-state index in [4.69, 9.17) is 4.99 Å². The molecule has 170 valence electrons. The molecule has 1 aliphatic rings. The van der Waals surface area contributed by atoms with Gasteiger partial charge in [-0.3, -0.25) is 4.79 Å². The molecule has 1 N–H and O–H groups in total. The summed E-state index contributed by atoms with van der Waals surface area (Å²) in [5.41, 5.74) is 1.06. The molecular weight excluding hydrogens is 493 g/mol. The number of pyridine rings is 1. The van der Waals surface area contributed by atoms with Crippen molar-refractivity contribution in [1.29, 1.82) is 0 Å². The fourth-order valence-corrected chi connectivity index (χ4v) is 3.32. The molecule has 1 amide bonds. The Kier molecular flexibility index (Phi) is 12.0. The zero-order valence-corrected chi connectivity index (χ0v) is 21.4. The van der Waals surface area contributed by atoms with Crippen molar-refractivity contribution in [2.24, 2.45) is 4.99 Å². The van der Waals surface area contributed by atoms with Crippen molar-refractivity contribution in [2.45, 2.75) is 27.3 Å². The first-order chi connectivity index (χ1) is 14.0. The number of nitrogens with one attached hydrogen (secondary N) is 1. The van der Waals surface area contributed by atoms with Crippen molar-refractivity contribution in [2.75, 3.05) is 71.4 Å². The van der Waals surface area contributed by atoms with Crippen LogP contribution in [-0.4, -0.2) is 98.0 Å². The van der Waals surface area contributed by atoms with E-state index >= 15 is 0 Å². The number of piperazine rings is 1. The molecule has 30 heavy (non-hydrogen) atoms. The van der Waals surface area contributed by atoms with Crippen LogP contribution in [0.4, 0.5) is 5.82 Å². The summed E-state index contributed by atoms with van der Waals surface area (Å²) in [6.07, 6.45) is 1.90. The van der Waals surface area contributed by atoms with Gasteiger partial charge in [0.25, 0.3) is 0 Å². The maximum Gasteiger partial charge on any atom is 0.242 e. The third kappa shape index (κ3) is 7.90. The smallest absolute Gasteiger partial charge is 0.242 e. The fraction of sp³-hybridized carbons (Fsp3) is 0.667. The standard InChI is InChI=1S/C21H37N7O.HI/c1-6-22-21(26(5)17-20(29)27(7-2)8-3)24-16-18-9-10-19(23-15-18)28-13-11-25(4)12-14-28;/h9-10,15H,6-8,11-14,16-17H2,1-5H3,(H,22,24);1H. The third-order valence-electron chi connectivity index (χ3n) is 5.23. The number of aliphatic imine (C=N–C) groups is 1. The van der Waals surface area contributed by atoms with Gasteiger partial charge in [0.15, 0.2) is 5.96 Å². The lowest BCUT2D eigenvalue weighted by Crippen LogP contribution is -2.45. The fourth-order valence-electron chi connectivity index (χ4n) is 3.32. The van der Waals surface area contributed by atoms with Gasteiger partial charge in [0.1, 0.15) is 5.82 Å². The zero-order chi connectivity index (χ0) is 21.2. The van der Waals surface area contributed by atoms with E-state index in [2.05, 4.69) is 39.3 Å². The second kappa shape index (κ2) is 13.6. The maximum atomic E-state index is 12.4. The van der Waals surface area contributed by atoms with Crippen molar-refractivity contribution in [1.82, 2.24) is 25.0 Å². The number of likely N-dealkylation sites (N-methyl/N-ethyl adjacent to an activating group) is 3. The number of hydrogen-bond acceptors (Lipinski definition) is 5. The number of nitrogens with zero attached hydrogens (tertiary/aromatic N) is 6. The molecule has 0 spiro atoms. The highest BCUT2D eigenvalue weighted by Crippen LogP contribution is 2.14. The van der Waals surface area contributed by atoms with Crippen LogP contribution in [0.25, 0.3) is 0 Å². The summed E-state index contributed by atoms with van der Waals surface area (Å²) in [5.74, 6) is 1.87. The van der Waals surface area contributed by atoms with Crippen molar-refractivity contribution >= 4 is 41.7 Å². The van der Waals surface area contributed by atoms with Crippen LogP contribution in [0.15, 0.2) is 23.3 Å². The largest absolute Gasteiger partial charge is 0.357 e. The molecule has 1 aromatic rings. The SMILES string of the molecule is CCNC(=NCc1ccc(N2CCN(C)CC2)nc1)N(C)CC(=O)N(CC)CC.I. The Morgan fingerprint density at radius 2 is 1.83 bits per heavy atom. The van der Waals surface area contributed by atoms with Crippen molar-refractivity contribution in [3.63, 3.8) is 0 Å². The minimum absolute atomic E-state index is 0. The minimum atomic E-state index is 0. The molecule has 8 nitrogen and oxygen atoms in total. The zero-order valence-electron chi connectivity index (χ0n) is 19.1. The van der Waals surface area contributed by atoms with Crippen LogP contribution in [0.1, 0.15) is 26.3 Å². The number of carbonyl (C=O) groups is 1. The van der Waals surface area contributed by atoms with Gasteiger partial charge in [0.2, 0.25) is 5.91 Å². The number of rotatable bonds is 8. The summed E-state index contributed by atoms with van der Waals surface area (Å²) < 4.78 is 0. The highest BCUT2D eigenvalue weighted by atomic mass is 127. The van der Waals surface area contributed by atoms with E-state index in [9.17, 15) is 4.79 Å². The molecule has 0 aromatic carbocycles. The van der Waals surface area contributed by atoms with Crippen molar-refractivity contribution in [3.8, 4) is 0 Å². The lowest BCUT2D eigenvalue weighted by molar-refractivity contribution is -0.131. The van der Waals surface area contributed by atoms with Gasteiger partial charge in [-0.25, -0.2) is 9.98 Å². The third-order valence-corrected chi connectivity index (χ3v) is 5.23. The normalized spacial score (nSPS) is 14.8. The van der Waals surface area contributed by atoms with E-state index in [0.717, 1.165) is 63.2 Å². The Morgan fingerprint density at radius 3 is 2.37 bits per heavy atom. The molecule has 0 atom stereocenters. The summed E-state index contributed by atoms with van der Waals surface area (Å²) in [6.45, 7) is 13.2. The second-order valence-electron chi connectivity index (χ2n) is 7.41. The van der Waals surface area contributed by atoms with Crippen LogP contribution in [0, 0.1) is 0 Å². The molecule has 1 saturated heterocycles. The first-order valence-electron chi connectivity index (χ1n) is 10.6. The maximum absolute atomic E-state index is 12.4. The predicted molar refractivity (Wildman–Crippen MR) is 135 cm³/mol. The van der Waals surface area contributed by atoms with Crippen LogP contribution in [0.3, 0.4) is 0 Å². The van der Waals surface area contributed by atoms with Gasteiger partial charge < -0.3 is 24.9 Å². The van der Waals surface area contributed by atoms with Gasteiger partial charge in [0, 0.05) is 59.1 Å². The number of amides is 1. The van der Waals surface area contributed by atoms with Gasteiger partial charge in [0.05, 0.1) is 13.1 Å². The van der Waals surface area contributed by atoms with E-state index in [1.807, 2.05) is 43.8 Å². The average molecular weight is 531 g/mol. The molecule has 1 aromatic heterocycles.